The Hall–Kier alpha value is -4.65. The Morgan fingerprint density at radius 3 is 2.09 bits per heavy atom. The largest absolute Gasteiger partial charge is 0.508 e. The van der Waals surface area contributed by atoms with Gasteiger partial charge < -0.3 is 44.4 Å². The molecule has 4 atom stereocenters. The molecule has 13 nitrogen and oxygen atoms in total. The van der Waals surface area contributed by atoms with Crippen molar-refractivity contribution in [3.05, 3.63) is 64.7 Å². The normalized spacial score (nSPS) is 14.3. The Kier molecular flexibility index (Phi) is 13.8. The number of hydrogen-bond donors (Lipinski definition) is 8. The molecule has 0 aromatic heterocycles. The highest BCUT2D eigenvalue weighted by Gasteiger charge is 2.49. The fourth-order valence-corrected chi connectivity index (χ4v) is 5.45. The fraction of sp³-hybridized carbons (Fsp3) is 0.469. The van der Waals surface area contributed by atoms with Crippen molar-refractivity contribution in [3.63, 3.8) is 0 Å². The van der Waals surface area contributed by atoms with Crippen molar-refractivity contribution < 1.29 is 24.3 Å². The van der Waals surface area contributed by atoms with Crippen LogP contribution in [0.15, 0.2) is 47.5 Å². The van der Waals surface area contributed by atoms with Gasteiger partial charge in [0.15, 0.2) is 5.96 Å². The molecule has 0 heterocycles. The average molecular weight is 625 g/mol. The van der Waals surface area contributed by atoms with Crippen LogP contribution in [0.1, 0.15) is 61.3 Å². The molecule has 246 valence electrons. The van der Waals surface area contributed by atoms with Crippen molar-refractivity contribution in [3.8, 4) is 5.75 Å². The van der Waals surface area contributed by atoms with Gasteiger partial charge in [0.05, 0.1) is 12.0 Å². The van der Waals surface area contributed by atoms with Gasteiger partial charge in [0.25, 0.3) is 0 Å². The van der Waals surface area contributed by atoms with Crippen molar-refractivity contribution in [1.82, 2.24) is 10.6 Å². The molecule has 0 fully saturated rings. The van der Waals surface area contributed by atoms with Gasteiger partial charge in [-0.2, -0.15) is 0 Å². The van der Waals surface area contributed by atoms with Crippen molar-refractivity contribution in [2.24, 2.45) is 39.6 Å². The minimum Gasteiger partial charge on any atom is -0.508 e. The standard InChI is InChI=1S/C32H48N8O5/c1-4-5-13-32(30(35)45,24(27(34)42)17-21-10-7-6-8-11-21)40-29(44)26(18-23-19(2)15-22(41)16-20(23)3)39-28(43)25(33)12-9-14-38-31(36)37/h6-8,10-11,15-16,24-26,41H,4-5,9,12-14,17-18,33H2,1-3H3,(H2,34,42)(H2,35,45)(H,39,43)(H,40,44)(H4,36,37,38)/t24-,25-,26+,32?/m1/s1. The average Bonchev–Trinajstić information content (AvgIpc) is 2.97. The molecule has 0 spiro atoms. The lowest BCUT2D eigenvalue weighted by molar-refractivity contribution is -0.140. The maximum absolute atomic E-state index is 14.2. The number of nitrogens with two attached hydrogens (primary N) is 5. The minimum absolute atomic E-state index is 0.00121. The molecule has 4 amide bonds. The summed E-state index contributed by atoms with van der Waals surface area (Å²) in [6.45, 7) is 5.71. The Labute approximate surface area is 264 Å². The molecule has 2 aromatic carbocycles. The summed E-state index contributed by atoms with van der Waals surface area (Å²) >= 11 is 0. The van der Waals surface area contributed by atoms with E-state index in [1.54, 1.807) is 50.2 Å². The summed E-state index contributed by atoms with van der Waals surface area (Å²) in [6, 6.07) is 9.85. The van der Waals surface area contributed by atoms with Gasteiger partial charge >= 0.3 is 0 Å². The molecule has 2 aromatic rings. The van der Waals surface area contributed by atoms with Crippen molar-refractivity contribution >= 4 is 29.6 Å². The van der Waals surface area contributed by atoms with Crippen LogP contribution in [-0.2, 0) is 32.0 Å². The maximum atomic E-state index is 14.2. The van der Waals surface area contributed by atoms with Crippen LogP contribution in [0.25, 0.3) is 0 Å². The Morgan fingerprint density at radius 1 is 0.933 bits per heavy atom. The van der Waals surface area contributed by atoms with Crippen molar-refractivity contribution in [2.45, 2.75) is 83.3 Å². The van der Waals surface area contributed by atoms with E-state index in [9.17, 15) is 24.3 Å². The molecular formula is C32H48N8O5. The number of phenols is 1. The SMILES string of the molecule is CCCCC(NC(=O)[C@H](Cc1c(C)cc(O)cc1C)NC(=O)[C@H](N)CCCN=C(N)N)(C(N)=O)[C@H](Cc1ccccc1)C(N)=O. The van der Waals surface area contributed by atoms with E-state index in [4.69, 9.17) is 28.7 Å². The van der Waals surface area contributed by atoms with Gasteiger partial charge in [0.2, 0.25) is 23.6 Å². The first-order valence-corrected chi connectivity index (χ1v) is 15.1. The van der Waals surface area contributed by atoms with E-state index in [1.807, 2.05) is 13.0 Å². The number of benzene rings is 2. The van der Waals surface area contributed by atoms with E-state index in [0.717, 1.165) is 5.56 Å². The van der Waals surface area contributed by atoms with Crippen molar-refractivity contribution in [1.29, 1.82) is 0 Å². The number of nitrogens with one attached hydrogen (secondary N) is 2. The lowest BCUT2D eigenvalue weighted by Gasteiger charge is -2.39. The number of rotatable bonds is 18. The number of carbonyl (C=O) groups excluding carboxylic acids is 4. The Bertz CT molecular complexity index is 1340. The number of hydrogen-bond acceptors (Lipinski definition) is 7. The first kappa shape index (κ1) is 36.5. The summed E-state index contributed by atoms with van der Waals surface area (Å²) in [6.07, 6.45) is 1.85. The zero-order valence-electron chi connectivity index (χ0n) is 26.3. The van der Waals surface area contributed by atoms with Crippen LogP contribution in [0.3, 0.4) is 0 Å². The van der Waals surface area contributed by atoms with E-state index in [0.29, 0.717) is 36.0 Å². The smallest absolute Gasteiger partial charge is 0.244 e. The van der Waals surface area contributed by atoms with Gasteiger partial charge in [-0.3, -0.25) is 24.2 Å². The molecule has 0 radical (unpaired) electrons. The predicted octanol–water partition coefficient (Wildman–Crippen LogP) is 0.292. The molecule has 0 aliphatic heterocycles. The van der Waals surface area contributed by atoms with Gasteiger partial charge in [0, 0.05) is 13.0 Å². The molecule has 0 saturated heterocycles. The van der Waals surface area contributed by atoms with Crippen LogP contribution >= 0.6 is 0 Å². The van der Waals surface area contributed by atoms with Gasteiger partial charge in [-0.1, -0.05) is 50.1 Å². The van der Waals surface area contributed by atoms with Crippen LogP contribution in [0.5, 0.6) is 5.75 Å². The maximum Gasteiger partial charge on any atom is 0.244 e. The van der Waals surface area contributed by atoms with Gasteiger partial charge in [-0.25, -0.2) is 0 Å². The molecule has 0 aliphatic carbocycles. The number of carbonyl (C=O) groups is 4. The highest BCUT2D eigenvalue weighted by atomic mass is 16.3. The third-order valence-electron chi connectivity index (χ3n) is 7.96. The Morgan fingerprint density at radius 2 is 1.56 bits per heavy atom. The van der Waals surface area contributed by atoms with Crippen LogP contribution in [0.4, 0.5) is 0 Å². The third kappa shape index (κ3) is 10.5. The van der Waals surface area contributed by atoms with Crippen LogP contribution in [-0.4, -0.2) is 58.9 Å². The molecule has 45 heavy (non-hydrogen) atoms. The van der Waals surface area contributed by atoms with Gasteiger partial charge in [-0.15, -0.1) is 0 Å². The zero-order chi connectivity index (χ0) is 33.7. The number of guanidine groups is 1. The second-order valence-corrected chi connectivity index (χ2v) is 11.5. The topological polar surface area (TPSA) is 255 Å². The summed E-state index contributed by atoms with van der Waals surface area (Å²) < 4.78 is 0. The van der Waals surface area contributed by atoms with E-state index in [2.05, 4.69) is 15.6 Å². The fourth-order valence-electron chi connectivity index (χ4n) is 5.45. The number of primary amides is 2. The molecule has 1 unspecified atom stereocenters. The second-order valence-electron chi connectivity index (χ2n) is 11.5. The van der Waals surface area contributed by atoms with Gasteiger partial charge in [-0.05, 0) is 73.9 Å². The number of unbranched alkanes of at least 4 members (excludes halogenated alkanes) is 1. The summed E-state index contributed by atoms with van der Waals surface area (Å²) in [7, 11) is 0. The highest BCUT2D eigenvalue weighted by molar-refractivity contribution is 5.98. The Balaban J connectivity index is 2.52. The van der Waals surface area contributed by atoms with Crippen LogP contribution < -0.4 is 39.3 Å². The van der Waals surface area contributed by atoms with Crippen LogP contribution in [0, 0.1) is 19.8 Å². The number of nitrogens with zero attached hydrogens (tertiary/aromatic N) is 1. The molecule has 0 aliphatic rings. The summed E-state index contributed by atoms with van der Waals surface area (Å²) in [4.78, 5) is 57.5. The molecular weight excluding hydrogens is 576 g/mol. The molecule has 0 bridgehead atoms. The van der Waals surface area contributed by atoms with E-state index < -0.39 is 47.2 Å². The lowest BCUT2D eigenvalue weighted by atomic mass is 9.75. The predicted molar refractivity (Wildman–Crippen MR) is 174 cm³/mol. The molecule has 13 N–H and O–H groups in total. The lowest BCUT2D eigenvalue weighted by Crippen LogP contribution is -2.67. The minimum atomic E-state index is -1.85. The summed E-state index contributed by atoms with van der Waals surface area (Å²) in [5, 5.41) is 15.6. The quantitative estimate of drug-likeness (QED) is 0.0648. The molecule has 13 heteroatoms. The number of aryl methyl sites for hydroxylation is 2. The monoisotopic (exact) mass is 624 g/mol. The number of amides is 4. The van der Waals surface area contributed by atoms with E-state index in [1.165, 1.54) is 0 Å². The van der Waals surface area contributed by atoms with Crippen molar-refractivity contribution in [2.75, 3.05) is 6.54 Å². The van der Waals surface area contributed by atoms with Crippen LogP contribution in [0.2, 0.25) is 0 Å². The number of aliphatic imine (C=N–C) groups is 1. The number of phenolic OH excluding ortho intramolecular Hbond substituents is 1. The number of aromatic hydroxyl groups is 1. The summed E-state index contributed by atoms with van der Waals surface area (Å²) in [5.41, 5.74) is 29.7. The zero-order valence-corrected chi connectivity index (χ0v) is 26.3. The first-order chi connectivity index (χ1) is 21.2. The molecule has 0 saturated carbocycles. The third-order valence-corrected chi connectivity index (χ3v) is 7.96. The first-order valence-electron chi connectivity index (χ1n) is 15.1. The second kappa shape index (κ2) is 17.0. The highest BCUT2D eigenvalue weighted by Crippen LogP contribution is 2.29. The van der Waals surface area contributed by atoms with E-state index in [-0.39, 0.29) is 43.9 Å². The molecule has 2 rings (SSSR count). The summed E-state index contributed by atoms with van der Waals surface area (Å²) in [5.74, 6) is -4.27. The van der Waals surface area contributed by atoms with E-state index >= 15 is 0 Å². The van der Waals surface area contributed by atoms with Gasteiger partial charge in [0.1, 0.15) is 17.3 Å².